The van der Waals surface area contributed by atoms with Gasteiger partial charge < -0.3 is 0 Å². The summed E-state index contributed by atoms with van der Waals surface area (Å²) >= 11 is 0. The quantitative estimate of drug-likeness (QED) is 0.174. The van der Waals surface area contributed by atoms with Gasteiger partial charge in [-0.1, -0.05) is 189 Å². The molecule has 0 bridgehead atoms. The summed E-state index contributed by atoms with van der Waals surface area (Å²) in [6, 6.07) is 29.5. The van der Waals surface area contributed by atoms with E-state index in [-0.39, 0.29) is 34.0 Å². The molecule has 0 heterocycles. The predicted octanol–water partition coefficient (Wildman–Crippen LogP) is 12.7. The van der Waals surface area contributed by atoms with Crippen molar-refractivity contribution in [3.05, 3.63) is 135 Å². The topological polar surface area (TPSA) is 34.1 Å². The first-order valence-corrected chi connectivity index (χ1v) is 19.7. The highest BCUT2D eigenvalue weighted by Crippen LogP contribution is 2.51. The van der Waals surface area contributed by atoms with Crippen molar-refractivity contribution in [2.24, 2.45) is 0 Å². The van der Waals surface area contributed by atoms with Crippen molar-refractivity contribution in [3.8, 4) is 0 Å². The van der Waals surface area contributed by atoms with Gasteiger partial charge in [-0.05, 0) is 84.1 Å². The first-order chi connectivity index (χ1) is 22.4. The summed E-state index contributed by atoms with van der Waals surface area (Å²) in [5, 5.41) is 0. The number of hydrogen-bond donors (Lipinski definition) is 0. The second-order valence-corrected chi connectivity index (χ2v) is 20.2. The van der Waals surface area contributed by atoms with Gasteiger partial charge >= 0.3 is 0 Å². The van der Waals surface area contributed by atoms with Gasteiger partial charge in [0.25, 0.3) is 0 Å². The Morgan fingerprint density at radius 2 is 0.653 bits per heavy atom. The molecule has 0 aliphatic heterocycles. The maximum Gasteiger partial charge on any atom is 0.197 e. The van der Waals surface area contributed by atoms with Crippen LogP contribution in [0.1, 0.15) is 172 Å². The molecule has 4 aromatic carbocycles. The van der Waals surface area contributed by atoms with Gasteiger partial charge in [-0.25, -0.2) is 8.42 Å². The number of benzene rings is 4. The molecule has 0 fully saturated rings. The molecule has 0 amide bonds. The Morgan fingerprint density at radius 1 is 0.408 bits per heavy atom. The third-order valence-corrected chi connectivity index (χ3v) is 12.7. The molecule has 264 valence electrons. The summed E-state index contributed by atoms with van der Waals surface area (Å²) in [5.74, 6) is 0.290. The summed E-state index contributed by atoms with van der Waals surface area (Å²) in [6.45, 7) is 32.6. The Bertz CT molecular complexity index is 1680. The van der Waals surface area contributed by atoms with Crippen LogP contribution in [0.4, 0.5) is 0 Å². The van der Waals surface area contributed by atoms with Gasteiger partial charge in [-0.3, -0.25) is 0 Å². The van der Waals surface area contributed by atoms with Gasteiger partial charge in [0, 0.05) is 0 Å². The second-order valence-electron chi connectivity index (χ2n) is 18.2. The molecular formula is C46H62O2S. The van der Waals surface area contributed by atoms with Crippen LogP contribution in [0.3, 0.4) is 0 Å². The monoisotopic (exact) mass is 678 g/mol. The van der Waals surface area contributed by atoms with Gasteiger partial charge in [0.2, 0.25) is 0 Å². The van der Waals surface area contributed by atoms with Gasteiger partial charge in [-0.15, -0.1) is 0 Å². The smallest absolute Gasteiger partial charge is 0.197 e. The molecular weight excluding hydrogens is 617 g/mol. The third kappa shape index (κ3) is 7.34. The minimum atomic E-state index is -4.16. The van der Waals surface area contributed by atoms with E-state index >= 15 is 8.42 Å². The largest absolute Gasteiger partial charge is 0.222 e. The molecule has 4 aromatic rings. The third-order valence-electron chi connectivity index (χ3n) is 10.2. The second kappa shape index (κ2) is 13.5. The number of rotatable bonds is 8. The zero-order valence-electron chi connectivity index (χ0n) is 33.0. The molecule has 0 atom stereocenters. The van der Waals surface area contributed by atoms with Crippen LogP contribution in [0.5, 0.6) is 0 Å². The number of sulfone groups is 1. The van der Waals surface area contributed by atoms with E-state index in [0.29, 0.717) is 4.90 Å². The van der Waals surface area contributed by atoms with Crippen LogP contribution < -0.4 is 0 Å². The minimum Gasteiger partial charge on any atom is -0.222 e. The van der Waals surface area contributed by atoms with E-state index in [9.17, 15) is 0 Å². The van der Waals surface area contributed by atoms with E-state index in [0.717, 1.165) is 27.8 Å². The van der Waals surface area contributed by atoms with Crippen LogP contribution in [-0.4, -0.2) is 8.42 Å². The van der Waals surface area contributed by atoms with Crippen molar-refractivity contribution < 1.29 is 8.42 Å². The van der Waals surface area contributed by atoms with Gasteiger partial charge in [0.15, 0.2) is 14.6 Å². The van der Waals surface area contributed by atoms with E-state index in [4.69, 9.17) is 0 Å². The van der Waals surface area contributed by atoms with Crippen molar-refractivity contribution in [3.63, 3.8) is 0 Å². The van der Waals surface area contributed by atoms with Crippen molar-refractivity contribution in [1.29, 1.82) is 0 Å². The van der Waals surface area contributed by atoms with Gasteiger partial charge in [-0.2, -0.15) is 0 Å². The summed E-state index contributed by atoms with van der Waals surface area (Å²) in [7, 11) is -4.16. The summed E-state index contributed by atoms with van der Waals surface area (Å²) in [5.41, 5.74) is 8.49. The van der Waals surface area contributed by atoms with Gasteiger partial charge in [0.1, 0.15) is 0 Å². The van der Waals surface area contributed by atoms with Crippen LogP contribution in [0.2, 0.25) is 0 Å². The normalized spacial score (nSPS) is 13.5. The Hall–Kier alpha value is -3.17. The zero-order chi connectivity index (χ0) is 36.9. The van der Waals surface area contributed by atoms with Crippen LogP contribution in [-0.2, 0) is 30.8 Å². The SMILES string of the molecule is CC(C)c1cc(C(C)C)c(S(=O)(=O)C(c2ccc(C(C)(C)C)cc2)(c2ccc(C(C)(C)C)cc2)c2ccc(C(C)(C)C)cc2)c(C(C)C)c1. The van der Waals surface area contributed by atoms with Crippen molar-refractivity contribution in [2.45, 2.75) is 147 Å². The number of hydrogen-bond acceptors (Lipinski definition) is 2. The Balaban J connectivity index is 2.30. The molecule has 0 spiro atoms. The zero-order valence-corrected chi connectivity index (χ0v) is 33.9. The maximum atomic E-state index is 16.4. The van der Waals surface area contributed by atoms with Crippen molar-refractivity contribution >= 4 is 9.84 Å². The lowest BCUT2D eigenvalue weighted by atomic mass is 9.78. The molecule has 0 saturated heterocycles. The van der Waals surface area contributed by atoms with Crippen LogP contribution in [0, 0.1) is 0 Å². The molecule has 0 aliphatic carbocycles. The lowest BCUT2D eigenvalue weighted by molar-refractivity contribution is 0.565. The molecule has 0 aromatic heterocycles. The molecule has 49 heavy (non-hydrogen) atoms. The summed E-state index contributed by atoms with van der Waals surface area (Å²) < 4.78 is 31.4. The van der Waals surface area contributed by atoms with E-state index < -0.39 is 14.6 Å². The first kappa shape index (κ1) is 38.6. The fraction of sp³-hybridized carbons (Fsp3) is 0.478. The summed E-state index contributed by atoms with van der Waals surface area (Å²) in [4.78, 5) is 0.474. The van der Waals surface area contributed by atoms with Gasteiger partial charge in [0.05, 0.1) is 4.90 Å². The molecule has 4 rings (SSSR count). The average Bonchev–Trinajstić information content (AvgIpc) is 3.00. The molecule has 3 heteroatoms. The van der Waals surface area contributed by atoms with E-state index in [1.807, 2.05) is 0 Å². The lowest BCUT2D eigenvalue weighted by Crippen LogP contribution is -2.40. The predicted molar refractivity (Wildman–Crippen MR) is 211 cm³/mol. The molecule has 0 aliphatic rings. The minimum absolute atomic E-state index is 0.00785. The molecule has 0 N–H and O–H groups in total. The van der Waals surface area contributed by atoms with Crippen LogP contribution in [0.25, 0.3) is 0 Å². The fourth-order valence-electron chi connectivity index (χ4n) is 6.93. The Labute approximate surface area is 299 Å². The molecule has 0 radical (unpaired) electrons. The lowest BCUT2D eigenvalue weighted by Gasteiger charge is -2.38. The first-order valence-electron chi connectivity index (χ1n) is 18.2. The Kier molecular flexibility index (Phi) is 10.7. The fourth-order valence-corrected chi connectivity index (χ4v) is 9.79. The highest BCUT2D eigenvalue weighted by atomic mass is 32.2. The van der Waals surface area contributed by atoms with E-state index in [1.54, 1.807) is 0 Å². The Morgan fingerprint density at radius 3 is 0.857 bits per heavy atom. The van der Waals surface area contributed by atoms with E-state index in [2.05, 4.69) is 189 Å². The van der Waals surface area contributed by atoms with Crippen molar-refractivity contribution in [2.75, 3.05) is 0 Å². The van der Waals surface area contributed by atoms with Crippen LogP contribution in [0.15, 0.2) is 89.8 Å². The molecule has 0 unspecified atom stereocenters. The average molecular weight is 679 g/mol. The van der Waals surface area contributed by atoms with E-state index in [1.165, 1.54) is 22.3 Å². The van der Waals surface area contributed by atoms with Crippen molar-refractivity contribution in [1.82, 2.24) is 0 Å². The standard InChI is InChI=1S/C46H62O2S/c1-30(2)33-28-40(31(3)4)42(41(29-33)32(5)6)49(47,48)46(37-22-16-34(17-23-37)43(7,8)9,38-24-18-35(19-25-38)44(10,11)12)39-26-20-36(21-27-39)45(13,14)15/h16-32H,1-15H3. The highest BCUT2D eigenvalue weighted by Gasteiger charge is 2.51. The molecule has 2 nitrogen and oxygen atoms in total. The summed E-state index contributed by atoms with van der Waals surface area (Å²) in [6.07, 6.45) is 0. The highest BCUT2D eigenvalue weighted by molar-refractivity contribution is 7.93. The van der Waals surface area contributed by atoms with Crippen LogP contribution >= 0.6 is 0 Å². The molecule has 0 saturated carbocycles. The maximum absolute atomic E-state index is 16.4.